The first-order valence-corrected chi connectivity index (χ1v) is 5.41. The van der Waals surface area contributed by atoms with Gasteiger partial charge in [0.05, 0.1) is 6.10 Å². The van der Waals surface area contributed by atoms with Crippen LogP contribution in [0, 0.1) is 11.3 Å². The van der Waals surface area contributed by atoms with E-state index >= 15 is 0 Å². The van der Waals surface area contributed by atoms with Crippen molar-refractivity contribution in [2.45, 2.75) is 40.2 Å². The lowest BCUT2D eigenvalue weighted by molar-refractivity contribution is -0.121. The van der Waals surface area contributed by atoms with Crippen LogP contribution in [-0.4, -0.2) is 17.0 Å². The minimum atomic E-state index is -0.408. The van der Waals surface area contributed by atoms with E-state index in [4.69, 9.17) is 0 Å². The molecule has 1 aliphatic carbocycles. The summed E-state index contributed by atoms with van der Waals surface area (Å²) in [5.74, 6) is 0.0558. The molecule has 0 saturated carbocycles. The monoisotopic (exact) mass is 208 g/mol. The first kappa shape index (κ1) is 12.2. The molecule has 1 unspecified atom stereocenters. The van der Waals surface area contributed by atoms with Crippen LogP contribution in [0.2, 0.25) is 0 Å². The van der Waals surface area contributed by atoms with E-state index in [1.807, 2.05) is 27.7 Å². The Hall–Kier alpha value is -0.890. The number of hydrogen-bond acceptors (Lipinski definition) is 2. The fourth-order valence-corrected chi connectivity index (χ4v) is 2.60. The van der Waals surface area contributed by atoms with Crippen molar-refractivity contribution in [3.63, 3.8) is 0 Å². The molecular formula is C13H20O2. The van der Waals surface area contributed by atoms with Crippen molar-refractivity contribution >= 4 is 5.78 Å². The number of aliphatic hydroxyl groups excluding tert-OH is 1. The van der Waals surface area contributed by atoms with Gasteiger partial charge in [0.1, 0.15) is 0 Å². The smallest absolute Gasteiger partial charge is 0.162 e. The van der Waals surface area contributed by atoms with Crippen molar-refractivity contribution < 1.29 is 9.90 Å². The van der Waals surface area contributed by atoms with Crippen molar-refractivity contribution in [1.29, 1.82) is 0 Å². The zero-order chi connectivity index (χ0) is 11.6. The van der Waals surface area contributed by atoms with E-state index in [1.54, 1.807) is 18.2 Å². The Bertz CT molecular complexity index is 310. The molecule has 2 nitrogen and oxygen atoms in total. The van der Waals surface area contributed by atoms with Crippen molar-refractivity contribution in [1.82, 2.24) is 0 Å². The van der Waals surface area contributed by atoms with Crippen molar-refractivity contribution in [3.8, 4) is 0 Å². The highest BCUT2D eigenvalue weighted by molar-refractivity contribution is 5.94. The van der Waals surface area contributed by atoms with E-state index in [2.05, 4.69) is 0 Å². The summed E-state index contributed by atoms with van der Waals surface area (Å²) in [4.78, 5) is 11.9. The molecule has 84 valence electrons. The van der Waals surface area contributed by atoms with Gasteiger partial charge >= 0.3 is 0 Å². The van der Waals surface area contributed by atoms with Crippen LogP contribution >= 0.6 is 0 Å². The van der Waals surface area contributed by atoms with Crippen LogP contribution in [0.4, 0.5) is 0 Å². The Morgan fingerprint density at radius 2 is 2.20 bits per heavy atom. The highest BCUT2D eigenvalue weighted by Gasteiger charge is 2.39. The van der Waals surface area contributed by atoms with Gasteiger partial charge < -0.3 is 5.11 Å². The van der Waals surface area contributed by atoms with Gasteiger partial charge in [0.15, 0.2) is 5.78 Å². The summed E-state index contributed by atoms with van der Waals surface area (Å²) in [5.41, 5.74) is 0.830. The van der Waals surface area contributed by atoms with Gasteiger partial charge in [0.25, 0.3) is 0 Å². The molecule has 0 spiro atoms. The van der Waals surface area contributed by atoms with Gasteiger partial charge in [-0.3, -0.25) is 4.79 Å². The Labute approximate surface area is 91.7 Å². The lowest BCUT2D eigenvalue weighted by Gasteiger charge is -2.38. The lowest BCUT2D eigenvalue weighted by atomic mass is 9.66. The second-order valence-electron chi connectivity index (χ2n) is 5.01. The summed E-state index contributed by atoms with van der Waals surface area (Å²) in [7, 11) is 0. The molecule has 0 heterocycles. The predicted octanol–water partition coefficient (Wildman–Crippen LogP) is 2.48. The average molecular weight is 208 g/mol. The second kappa shape index (κ2) is 4.31. The van der Waals surface area contributed by atoms with Crippen molar-refractivity contribution in [2.24, 2.45) is 11.3 Å². The molecule has 0 aromatic carbocycles. The van der Waals surface area contributed by atoms with Gasteiger partial charge in [-0.05, 0) is 31.8 Å². The van der Waals surface area contributed by atoms with E-state index < -0.39 is 6.10 Å². The molecule has 0 aliphatic heterocycles. The van der Waals surface area contributed by atoms with Gasteiger partial charge in [-0.2, -0.15) is 0 Å². The lowest BCUT2D eigenvalue weighted by Crippen LogP contribution is -2.37. The fourth-order valence-electron chi connectivity index (χ4n) is 2.60. The summed E-state index contributed by atoms with van der Waals surface area (Å²) in [6.45, 7) is 7.86. The third kappa shape index (κ3) is 2.57. The van der Waals surface area contributed by atoms with Crippen LogP contribution in [0.1, 0.15) is 34.1 Å². The van der Waals surface area contributed by atoms with E-state index in [1.165, 1.54) is 0 Å². The maximum absolute atomic E-state index is 11.9. The Kier molecular flexibility index (Phi) is 3.50. The van der Waals surface area contributed by atoms with Crippen LogP contribution in [0.15, 0.2) is 23.8 Å². The number of hydrogen-bond donors (Lipinski definition) is 1. The number of allylic oxidation sites excluding steroid dienone is 3. The summed E-state index contributed by atoms with van der Waals surface area (Å²) in [6.07, 6.45) is 5.45. The Morgan fingerprint density at radius 1 is 1.60 bits per heavy atom. The second-order valence-corrected chi connectivity index (χ2v) is 5.01. The van der Waals surface area contributed by atoms with Crippen molar-refractivity contribution in [2.75, 3.05) is 0 Å². The van der Waals surface area contributed by atoms with Gasteiger partial charge in [-0.15, -0.1) is 0 Å². The zero-order valence-electron chi connectivity index (χ0n) is 9.95. The molecule has 0 aromatic heterocycles. The standard InChI is InChI=1S/C13H20O2/c1-5-6-11(15)12-9(2)7-10(14)8-13(12,3)4/h5-7,10,12,14H,8H2,1-4H3/b6-5+/t10-,12?/m1/s1. The number of ketones is 1. The topological polar surface area (TPSA) is 37.3 Å². The molecule has 2 heteroatoms. The number of rotatable bonds is 2. The van der Waals surface area contributed by atoms with Gasteiger partial charge in [0, 0.05) is 5.92 Å². The number of aliphatic hydroxyl groups is 1. The SMILES string of the molecule is C/C=C/C(=O)C1C(C)=C[C@@H](O)CC1(C)C. The minimum Gasteiger partial charge on any atom is -0.389 e. The first-order valence-electron chi connectivity index (χ1n) is 5.41. The molecule has 1 rings (SSSR count). The normalized spacial score (nSPS) is 30.3. The molecule has 2 atom stereocenters. The van der Waals surface area contributed by atoms with Crippen molar-refractivity contribution in [3.05, 3.63) is 23.8 Å². The molecule has 1 N–H and O–H groups in total. The maximum atomic E-state index is 11.9. The van der Waals surface area contributed by atoms with Gasteiger partial charge in [0.2, 0.25) is 0 Å². The van der Waals surface area contributed by atoms with Crippen LogP contribution in [0.25, 0.3) is 0 Å². The van der Waals surface area contributed by atoms with E-state index in [0.29, 0.717) is 6.42 Å². The maximum Gasteiger partial charge on any atom is 0.162 e. The van der Waals surface area contributed by atoms with Crippen LogP contribution in [0.5, 0.6) is 0 Å². The molecule has 0 saturated heterocycles. The number of carbonyl (C=O) groups excluding carboxylic acids is 1. The van der Waals surface area contributed by atoms with Gasteiger partial charge in [-0.1, -0.05) is 31.6 Å². The quantitative estimate of drug-likeness (QED) is 0.559. The van der Waals surface area contributed by atoms with E-state index in [-0.39, 0.29) is 17.1 Å². The molecule has 1 aliphatic rings. The van der Waals surface area contributed by atoms with Crippen LogP contribution in [0.3, 0.4) is 0 Å². The summed E-state index contributed by atoms with van der Waals surface area (Å²) in [6, 6.07) is 0. The summed E-state index contributed by atoms with van der Waals surface area (Å²) < 4.78 is 0. The van der Waals surface area contributed by atoms with Crippen LogP contribution < -0.4 is 0 Å². The molecule has 15 heavy (non-hydrogen) atoms. The molecule has 0 radical (unpaired) electrons. The third-order valence-corrected chi connectivity index (χ3v) is 3.04. The minimum absolute atomic E-state index is 0.0860. The highest BCUT2D eigenvalue weighted by atomic mass is 16.3. The first-order chi connectivity index (χ1) is 6.88. The zero-order valence-corrected chi connectivity index (χ0v) is 9.95. The summed E-state index contributed by atoms with van der Waals surface area (Å²) >= 11 is 0. The molecule has 0 bridgehead atoms. The molecule has 0 amide bonds. The third-order valence-electron chi connectivity index (χ3n) is 3.04. The molecule has 0 fully saturated rings. The number of carbonyl (C=O) groups is 1. The van der Waals surface area contributed by atoms with Crippen LogP contribution in [-0.2, 0) is 4.79 Å². The van der Waals surface area contributed by atoms with E-state index in [0.717, 1.165) is 5.57 Å². The Morgan fingerprint density at radius 3 is 2.67 bits per heavy atom. The fraction of sp³-hybridized carbons (Fsp3) is 0.615. The molecular weight excluding hydrogens is 188 g/mol. The largest absolute Gasteiger partial charge is 0.389 e. The predicted molar refractivity (Wildman–Crippen MR) is 61.5 cm³/mol. The summed E-state index contributed by atoms with van der Waals surface area (Å²) in [5, 5.41) is 9.64. The molecule has 0 aromatic rings. The van der Waals surface area contributed by atoms with Gasteiger partial charge in [-0.25, -0.2) is 0 Å². The highest BCUT2D eigenvalue weighted by Crippen LogP contribution is 2.41. The average Bonchev–Trinajstić information content (AvgIpc) is 1.99. The van der Waals surface area contributed by atoms with E-state index in [9.17, 15) is 9.90 Å². The Balaban J connectivity index is 3.03.